The summed E-state index contributed by atoms with van der Waals surface area (Å²) in [5, 5.41) is 0. The van der Waals surface area contributed by atoms with Gasteiger partial charge in [0.25, 0.3) is 0 Å². The van der Waals surface area contributed by atoms with Gasteiger partial charge in [-0.05, 0) is 68.6 Å². The molecule has 1 aliphatic rings. The number of hydrogen-bond acceptors (Lipinski definition) is 2. The van der Waals surface area contributed by atoms with Gasteiger partial charge in [-0.2, -0.15) is 0 Å². The maximum absolute atomic E-state index is 4.67. The van der Waals surface area contributed by atoms with E-state index in [0.717, 1.165) is 30.1 Å². The summed E-state index contributed by atoms with van der Waals surface area (Å²) in [6.45, 7) is 6.66. The first-order valence-electron chi connectivity index (χ1n) is 9.66. The van der Waals surface area contributed by atoms with E-state index in [0.29, 0.717) is 5.92 Å². The summed E-state index contributed by atoms with van der Waals surface area (Å²) in [5.41, 5.74) is 5.17. The number of hydrogen-bond donors (Lipinski definition) is 0. The predicted molar refractivity (Wildman–Crippen MR) is 106 cm³/mol. The van der Waals surface area contributed by atoms with Crippen LogP contribution in [0.5, 0.6) is 0 Å². The zero-order valence-corrected chi connectivity index (χ0v) is 15.8. The lowest BCUT2D eigenvalue weighted by atomic mass is 9.80. The van der Waals surface area contributed by atoms with E-state index in [1.54, 1.807) is 0 Å². The normalized spacial score (nSPS) is 20.3. The van der Waals surface area contributed by atoms with Crippen molar-refractivity contribution in [2.45, 2.75) is 65.2 Å². The third-order valence-corrected chi connectivity index (χ3v) is 5.33. The van der Waals surface area contributed by atoms with Crippen LogP contribution in [0.4, 0.5) is 0 Å². The minimum absolute atomic E-state index is 0.653. The summed E-state index contributed by atoms with van der Waals surface area (Å²) >= 11 is 0. The van der Waals surface area contributed by atoms with Gasteiger partial charge in [-0.15, -0.1) is 0 Å². The SMILES string of the molecule is CC(C)=CCCc1cccc(-c2ncc(C3CCC(C)CC3)cn2)c1. The molecule has 1 heterocycles. The lowest BCUT2D eigenvalue weighted by molar-refractivity contribution is 0.347. The van der Waals surface area contributed by atoms with Gasteiger partial charge in [-0.25, -0.2) is 9.97 Å². The Kier molecular flexibility index (Phi) is 6.01. The second-order valence-electron chi connectivity index (χ2n) is 7.82. The largest absolute Gasteiger partial charge is 0.236 e. The zero-order valence-electron chi connectivity index (χ0n) is 15.8. The van der Waals surface area contributed by atoms with Crippen molar-refractivity contribution < 1.29 is 0 Å². The van der Waals surface area contributed by atoms with E-state index in [-0.39, 0.29) is 0 Å². The summed E-state index contributed by atoms with van der Waals surface area (Å²) in [5.74, 6) is 2.38. The van der Waals surface area contributed by atoms with Crippen molar-refractivity contribution in [3.63, 3.8) is 0 Å². The monoisotopic (exact) mass is 334 g/mol. The van der Waals surface area contributed by atoms with Gasteiger partial charge in [0.15, 0.2) is 5.82 Å². The van der Waals surface area contributed by atoms with E-state index in [2.05, 4.69) is 73.5 Å². The van der Waals surface area contributed by atoms with Crippen LogP contribution >= 0.6 is 0 Å². The third kappa shape index (κ3) is 5.01. The molecular weight excluding hydrogens is 304 g/mol. The van der Waals surface area contributed by atoms with E-state index in [4.69, 9.17) is 0 Å². The number of aromatic nitrogens is 2. The first-order chi connectivity index (χ1) is 12.1. The molecule has 0 N–H and O–H groups in total. The van der Waals surface area contributed by atoms with Crippen LogP contribution in [-0.4, -0.2) is 9.97 Å². The smallest absolute Gasteiger partial charge is 0.159 e. The molecule has 0 spiro atoms. The second-order valence-corrected chi connectivity index (χ2v) is 7.82. The van der Waals surface area contributed by atoms with Gasteiger partial charge >= 0.3 is 0 Å². The fraction of sp³-hybridized carbons (Fsp3) is 0.478. The highest BCUT2D eigenvalue weighted by Gasteiger charge is 2.20. The zero-order chi connectivity index (χ0) is 17.6. The molecule has 0 amide bonds. The summed E-state index contributed by atoms with van der Waals surface area (Å²) in [6.07, 6.45) is 13.8. The second kappa shape index (κ2) is 8.42. The molecule has 1 fully saturated rings. The van der Waals surface area contributed by atoms with Gasteiger partial charge in [0, 0.05) is 18.0 Å². The Morgan fingerprint density at radius 2 is 1.80 bits per heavy atom. The van der Waals surface area contributed by atoms with Gasteiger partial charge in [0.05, 0.1) is 0 Å². The van der Waals surface area contributed by atoms with Crippen molar-refractivity contribution in [2.75, 3.05) is 0 Å². The lowest BCUT2D eigenvalue weighted by Crippen LogP contribution is -2.11. The highest BCUT2D eigenvalue weighted by atomic mass is 14.9. The Hall–Kier alpha value is -1.96. The van der Waals surface area contributed by atoms with Gasteiger partial charge in [-0.1, -0.05) is 49.6 Å². The molecule has 0 aliphatic heterocycles. The van der Waals surface area contributed by atoms with Crippen LogP contribution in [0.2, 0.25) is 0 Å². The van der Waals surface area contributed by atoms with Crippen molar-refractivity contribution in [1.82, 2.24) is 9.97 Å². The van der Waals surface area contributed by atoms with Crippen LogP contribution in [-0.2, 0) is 6.42 Å². The molecule has 0 atom stereocenters. The Morgan fingerprint density at radius 3 is 2.48 bits per heavy atom. The van der Waals surface area contributed by atoms with E-state index >= 15 is 0 Å². The number of nitrogens with zero attached hydrogens (tertiary/aromatic N) is 2. The Morgan fingerprint density at radius 1 is 1.08 bits per heavy atom. The van der Waals surface area contributed by atoms with E-state index in [1.165, 1.54) is 42.4 Å². The summed E-state index contributed by atoms with van der Waals surface area (Å²) in [7, 11) is 0. The van der Waals surface area contributed by atoms with Gasteiger partial charge in [0.1, 0.15) is 0 Å². The van der Waals surface area contributed by atoms with Crippen LogP contribution in [0, 0.1) is 5.92 Å². The van der Waals surface area contributed by atoms with Crippen molar-refractivity contribution in [3.05, 3.63) is 59.4 Å². The molecule has 2 nitrogen and oxygen atoms in total. The van der Waals surface area contributed by atoms with Crippen molar-refractivity contribution in [1.29, 1.82) is 0 Å². The van der Waals surface area contributed by atoms with E-state index in [1.807, 2.05) is 0 Å². The first-order valence-corrected chi connectivity index (χ1v) is 9.66. The summed E-state index contributed by atoms with van der Waals surface area (Å²) < 4.78 is 0. The number of benzene rings is 1. The van der Waals surface area contributed by atoms with Gasteiger partial charge in [0.2, 0.25) is 0 Å². The molecule has 132 valence electrons. The Bertz CT molecular complexity index is 703. The molecule has 2 heteroatoms. The minimum atomic E-state index is 0.653. The van der Waals surface area contributed by atoms with Crippen molar-refractivity contribution in [3.8, 4) is 11.4 Å². The fourth-order valence-electron chi connectivity index (χ4n) is 3.68. The molecule has 0 radical (unpaired) electrons. The van der Waals surface area contributed by atoms with Gasteiger partial charge < -0.3 is 0 Å². The summed E-state index contributed by atoms with van der Waals surface area (Å²) in [6, 6.07) is 8.66. The van der Waals surface area contributed by atoms with Crippen LogP contribution < -0.4 is 0 Å². The quantitative estimate of drug-likeness (QED) is 0.596. The molecule has 1 aliphatic carbocycles. The van der Waals surface area contributed by atoms with E-state index in [9.17, 15) is 0 Å². The maximum atomic E-state index is 4.67. The first kappa shape index (κ1) is 17.8. The average Bonchev–Trinajstić information content (AvgIpc) is 2.62. The Balaban J connectivity index is 1.68. The average molecular weight is 335 g/mol. The maximum Gasteiger partial charge on any atom is 0.159 e. The lowest BCUT2D eigenvalue weighted by Gasteiger charge is -2.25. The molecule has 0 unspecified atom stereocenters. The molecule has 0 saturated heterocycles. The van der Waals surface area contributed by atoms with Crippen LogP contribution in [0.3, 0.4) is 0 Å². The molecule has 2 aromatic rings. The predicted octanol–water partition coefficient (Wildman–Crippen LogP) is 6.34. The van der Waals surface area contributed by atoms with Crippen LogP contribution in [0.15, 0.2) is 48.3 Å². The molecule has 1 saturated carbocycles. The minimum Gasteiger partial charge on any atom is -0.236 e. The van der Waals surface area contributed by atoms with Crippen LogP contribution in [0.1, 0.15) is 69.9 Å². The molecule has 1 aromatic heterocycles. The van der Waals surface area contributed by atoms with Crippen molar-refractivity contribution in [2.24, 2.45) is 5.92 Å². The number of allylic oxidation sites excluding steroid dienone is 2. The number of rotatable bonds is 5. The standard InChI is InChI=1S/C23H30N2/c1-17(2)6-4-7-19-8-5-9-21(14-19)23-24-15-22(16-25-23)20-12-10-18(3)11-13-20/h5-6,8-9,14-16,18,20H,4,7,10-13H2,1-3H3. The highest BCUT2D eigenvalue weighted by Crippen LogP contribution is 2.35. The highest BCUT2D eigenvalue weighted by molar-refractivity contribution is 5.55. The molecule has 3 rings (SSSR count). The van der Waals surface area contributed by atoms with E-state index < -0.39 is 0 Å². The molecule has 25 heavy (non-hydrogen) atoms. The van der Waals surface area contributed by atoms with Crippen LogP contribution in [0.25, 0.3) is 11.4 Å². The third-order valence-electron chi connectivity index (χ3n) is 5.33. The molecular formula is C23H30N2. The van der Waals surface area contributed by atoms with Crippen molar-refractivity contribution >= 4 is 0 Å². The Labute approximate surface area is 152 Å². The number of aryl methyl sites for hydroxylation is 1. The fourth-order valence-corrected chi connectivity index (χ4v) is 3.68. The molecule has 1 aromatic carbocycles. The summed E-state index contributed by atoms with van der Waals surface area (Å²) in [4.78, 5) is 9.34. The molecule has 0 bridgehead atoms. The van der Waals surface area contributed by atoms with Gasteiger partial charge in [-0.3, -0.25) is 0 Å². The topological polar surface area (TPSA) is 25.8 Å².